The van der Waals surface area contributed by atoms with Crippen LogP contribution >= 0.6 is 11.8 Å². The van der Waals surface area contributed by atoms with Gasteiger partial charge in [-0.25, -0.2) is 0 Å². The van der Waals surface area contributed by atoms with Crippen LogP contribution in [-0.4, -0.2) is 12.4 Å². The maximum absolute atomic E-state index is 5.36. The van der Waals surface area contributed by atoms with E-state index in [-0.39, 0.29) is 0 Å². The van der Waals surface area contributed by atoms with Crippen LogP contribution in [0.1, 0.15) is 6.92 Å². The van der Waals surface area contributed by atoms with Gasteiger partial charge in [0, 0.05) is 5.75 Å². The first-order valence-electron chi connectivity index (χ1n) is 3.38. The molecule has 58 valence electrons. The normalized spacial score (nSPS) is 17.1. The maximum atomic E-state index is 5.36. The summed E-state index contributed by atoms with van der Waals surface area (Å²) in [7, 11) is 0. The minimum absolute atomic E-state index is 0.734. The van der Waals surface area contributed by atoms with Gasteiger partial charge >= 0.3 is 0 Å². The van der Waals surface area contributed by atoms with Gasteiger partial charge in [0.2, 0.25) is 0 Å². The molecule has 0 aromatic carbocycles. The summed E-state index contributed by atoms with van der Waals surface area (Å²) in [5, 5.41) is 0. The molecule has 0 spiro atoms. The Labute approximate surface area is 71.5 Å². The molecule has 0 bridgehead atoms. The third-order valence-corrected chi connectivity index (χ3v) is 2.26. The Balaban J connectivity index is 2.93. The molecule has 0 radical (unpaired) electrons. The zero-order valence-corrected chi connectivity index (χ0v) is 7.33. The van der Waals surface area contributed by atoms with Gasteiger partial charge in [-0.2, -0.15) is 0 Å². The van der Waals surface area contributed by atoms with Crippen molar-refractivity contribution in [1.82, 2.24) is 0 Å². The zero-order valence-electron chi connectivity index (χ0n) is 6.52. The summed E-state index contributed by atoms with van der Waals surface area (Å²) < 4.78 is 5.36. The van der Waals surface area contributed by atoms with E-state index in [1.807, 2.05) is 6.92 Å². The molecule has 0 saturated heterocycles. The number of hydrogen-bond acceptors (Lipinski definition) is 2. The van der Waals surface area contributed by atoms with Gasteiger partial charge in [-0.05, 0) is 12.5 Å². The van der Waals surface area contributed by atoms with Crippen LogP contribution in [0.4, 0.5) is 0 Å². The van der Waals surface area contributed by atoms with E-state index in [1.54, 1.807) is 11.8 Å². The van der Waals surface area contributed by atoms with E-state index in [4.69, 9.17) is 11.2 Å². The van der Waals surface area contributed by atoms with Crippen molar-refractivity contribution in [2.45, 2.75) is 6.92 Å². The van der Waals surface area contributed by atoms with Crippen molar-refractivity contribution in [3.63, 3.8) is 0 Å². The minimum Gasteiger partial charge on any atom is -0.491 e. The van der Waals surface area contributed by atoms with Gasteiger partial charge in [-0.3, -0.25) is 0 Å². The van der Waals surface area contributed by atoms with E-state index in [9.17, 15) is 0 Å². The first-order valence-corrected chi connectivity index (χ1v) is 4.36. The van der Waals surface area contributed by atoms with Crippen LogP contribution in [0.5, 0.6) is 0 Å². The third-order valence-electron chi connectivity index (χ3n) is 1.30. The lowest BCUT2D eigenvalue weighted by Gasteiger charge is -2.17. The average molecular weight is 166 g/mol. The first-order chi connectivity index (χ1) is 5.25. The molecule has 11 heavy (non-hydrogen) atoms. The Kier molecular flexibility index (Phi) is 2.67. The summed E-state index contributed by atoms with van der Waals surface area (Å²) >= 11 is 1.66. The number of allylic oxidation sites excluding steroid dienone is 2. The SMILES string of the molecule is C#CC1=C(C(=C)C)OCCS1. The van der Waals surface area contributed by atoms with Gasteiger partial charge in [0.15, 0.2) is 0 Å². The number of rotatable bonds is 1. The quantitative estimate of drug-likeness (QED) is 0.552. The van der Waals surface area contributed by atoms with E-state index in [2.05, 4.69) is 12.5 Å². The molecule has 1 aliphatic rings. The summed E-state index contributed by atoms with van der Waals surface area (Å²) in [6.07, 6.45) is 5.28. The van der Waals surface area contributed by atoms with Crippen molar-refractivity contribution in [2.75, 3.05) is 12.4 Å². The van der Waals surface area contributed by atoms with Gasteiger partial charge in [0.05, 0.1) is 11.5 Å². The van der Waals surface area contributed by atoms with Crippen LogP contribution in [-0.2, 0) is 4.74 Å². The third kappa shape index (κ3) is 1.81. The second-order valence-corrected chi connectivity index (χ2v) is 3.39. The van der Waals surface area contributed by atoms with E-state index in [0.717, 1.165) is 28.6 Å². The van der Waals surface area contributed by atoms with Crippen LogP contribution in [0.3, 0.4) is 0 Å². The molecule has 0 saturated carbocycles. The zero-order chi connectivity index (χ0) is 8.27. The van der Waals surface area contributed by atoms with Crippen molar-refractivity contribution >= 4 is 11.8 Å². The van der Waals surface area contributed by atoms with E-state index in [1.165, 1.54) is 0 Å². The Bertz CT molecular complexity index is 245. The highest BCUT2D eigenvalue weighted by Crippen LogP contribution is 2.28. The second kappa shape index (κ2) is 3.54. The Morgan fingerprint density at radius 1 is 1.82 bits per heavy atom. The lowest BCUT2D eigenvalue weighted by atomic mass is 10.2. The maximum Gasteiger partial charge on any atom is 0.143 e. The molecular weight excluding hydrogens is 156 g/mol. The Morgan fingerprint density at radius 2 is 2.55 bits per heavy atom. The molecule has 1 heterocycles. The van der Waals surface area contributed by atoms with Gasteiger partial charge in [0.25, 0.3) is 0 Å². The van der Waals surface area contributed by atoms with Crippen LogP contribution in [0.25, 0.3) is 0 Å². The lowest BCUT2D eigenvalue weighted by molar-refractivity contribution is 0.237. The molecular formula is C9H10OS. The molecule has 0 aromatic rings. The van der Waals surface area contributed by atoms with Crippen molar-refractivity contribution in [2.24, 2.45) is 0 Å². The molecule has 0 fully saturated rings. The summed E-state index contributed by atoms with van der Waals surface area (Å²) in [5.74, 6) is 4.33. The molecule has 1 nitrogen and oxygen atoms in total. The second-order valence-electron chi connectivity index (χ2n) is 2.28. The molecule has 0 amide bonds. The van der Waals surface area contributed by atoms with Crippen LogP contribution in [0, 0.1) is 12.3 Å². The van der Waals surface area contributed by atoms with Gasteiger partial charge < -0.3 is 4.74 Å². The molecule has 0 atom stereocenters. The first kappa shape index (κ1) is 8.29. The largest absolute Gasteiger partial charge is 0.491 e. The number of thioether (sulfide) groups is 1. The van der Waals surface area contributed by atoms with Gasteiger partial charge in [-0.15, -0.1) is 18.2 Å². The van der Waals surface area contributed by atoms with Crippen LogP contribution in [0.15, 0.2) is 22.8 Å². The van der Waals surface area contributed by atoms with E-state index >= 15 is 0 Å². The van der Waals surface area contributed by atoms with Crippen molar-refractivity contribution < 1.29 is 4.74 Å². The van der Waals surface area contributed by atoms with Gasteiger partial charge in [-0.1, -0.05) is 12.5 Å². The van der Waals surface area contributed by atoms with Crippen LogP contribution < -0.4 is 0 Å². The fourth-order valence-corrected chi connectivity index (χ4v) is 1.66. The molecule has 0 aliphatic carbocycles. The Hall–Kier alpha value is -0.810. The summed E-state index contributed by atoms with van der Waals surface area (Å²) in [6, 6.07) is 0. The van der Waals surface area contributed by atoms with Crippen molar-refractivity contribution in [3.05, 3.63) is 22.8 Å². The highest BCUT2D eigenvalue weighted by molar-refractivity contribution is 8.03. The van der Waals surface area contributed by atoms with Crippen molar-refractivity contribution in [3.8, 4) is 12.3 Å². The number of terminal acetylenes is 1. The van der Waals surface area contributed by atoms with Crippen molar-refractivity contribution in [1.29, 1.82) is 0 Å². The van der Waals surface area contributed by atoms with E-state index < -0.39 is 0 Å². The standard InChI is InChI=1S/C9H10OS/c1-4-8-9(7(2)3)10-5-6-11-8/h1H,2,5-6H2,3H3. The molecule has 0 unspecified atom stereocenters. The molecule has 2 heteroatoms. The highest BCUT2D eigenvalue weighted by atomic mass is 32.2. The predicted molar refractivity (Wildman–Crippen MR) is 49.1 cm³/mol. The molecule has 1 rings (SSSR count). The fraction of sp³-hybridized carbons (Fsp3) is 0.333. The molecule has 1 aliphatic heterocycles. The van der Waals surface area contributed by atoms with Crippen LogP contribution in [0.2, 0.25) is 0 Å². The number of ether oxygens (including phenoxy) is 1. The summed E-state index contributed by atoms with van der Waals surface area (Å²) in [4.78, 5) is 0.878. The fourth-order valence-electron chi connectivity index (χ4n) is 0.843. The van der Waals surface area contributed by atoms with E-state index in [0.29, 0.717) is 0 Å². The van der Waals surface area contributed by atoms with Gasteiger partial charge in [0.1, 0.15) is 5.76 Å². The minimum atomic E-state index is 0.734. The topological polar surface area (TPSA) is 9.23 Å². The smallest absolute Gasteiger partial charge is 0.143 e. The monoisotopic (exact) mass is 166 g/mol. The lowest BCUT2D eigenvalue weighted by Crippen LogP contribution is -2.06. The average Bonchev–Trinajstić information content (AvgIpc) is 2.04. The molecule has 0 N–H and O–H groups in total. The number of hydrogen-bond donors (Lipinski definition) is 0. The highest BCUT2D eigenvalue weighted by Gasteiger charge is 2.12. The predicted octanol–water partition coefficient (Wildman–Crippen LogP) is 2.17. The summed E-state index contributed by atoms with van der Waals surface area (Å²) in [5.41, 5.74) is 0.908. The molecule has 0 aromatic heterocycles. The Morgan fingerprint density at radius 3 is 3.00 bits per heavy atom. The summed E-state index contributed by atoms with van der Waals surface area (Å²) in [6.45, 7) is 6.42.